The summed E-state index contributed by atoms with van der Waals surface area (Å²) >= 11 is 3.23. The average molecular weight is 485 g/mol. The van der Waals surface area contributed by atoms with E-state index in [0.717, 1.165) is 37.1 Å². The number of aromatic nitrogens is 1. The van der Waals surface area contributed by atoms with Gasteiger partial charge in [0.2, 0.25) is 5.91 Å². The highest BCUT2D eigenvalue weighted by molar-refractivity contribution is 9.10. The van der Waals surface area contributed by atoms with Gasteiger partial charge in [-0.25, -0.2) is 9.37 Å². The molecule has 1 saturated carbocycles. The fourth-order valence-corrected chi connectivity index (χ4v) is 5.16. The Bertz CT molecular complexity index is 1040. The molecule has 0 N–H and O–H groups in total. The third-order valence-electron chi connectivity index (χ3n) is 6.60. The number of rotatable bonds is 5. The van der Waals surface area contributed by atoms with Crippen molar-refractivity contribution in [3.63, 3.8) is 0 Å². The fraction of sp³-hybridized carbons (Fsp3) is 0.435. The fourth-order valence-electron chi connectivity index (χ4n) is 4.79. The number of pyridine rings is 1. The Hall–Kier alpha value is -2.50. The van der Waals surface area contributed by atoms with Crippen molar-refractivity contribution in [3.05, 3.63) is 57.9 Å². The lowest BCUT2D eigenvalue weighted by Gasteiger charge is -2.41. The molecule has 6 nitrogen and oxygen atoms in total. The van der Waals surface area contributed by atoms with Gasteiger partial charge in [0.15, 0.2) is 0 Å². The largest absolute Gasteiger partial charge is 0.360 e. The number of likely N-dealkylation sites (tertiary alicyclic amines) is 1. The van der Waals surface area contributed by atoms with E-state index < -0.39 is 5.60 Å². The maximum absolute atomic E-state index is 13.6. The van der Waals surface area contributed by atoms with Crippen LogP contribution in [0.15, 0.2) is 41.0 Å². The second-order valence-electron chi connectivity index (χ2n) is 8.52. The Morgan fingerprint density at radius 3 is 2.58 bits per heavy atom. The molecule has 2 unspecified atom stereocenters. The Morgan fingerprint density at radius 2 is 2.00 bits per heavy atom. The first kappa shape index (κ1) is 20.4. The van der Waals surface area contributed by atoms with Gasteiger partial charge in [0, 0.05) is 31.4 Å². The van der Waals surface area contributed by atoms with Gasteiger partial charge >= 0.3 is 0 Å². The first-order valence-electron chi connectivity index (χ1n) is 10.5. The summed E-state index contributed by atoms with van der Waals surface area (Å²) in [6, 6.07) is 11.1. The van der Waals surface area contributed by atoms with Gasteiger partial charge in [-0.1, -0.05) is 6.07 Å². The highest BCUT2D eigenvalue weighted by atomic mass is 79.9. The van der Waals surface area contributed by atoms with Gasteiger partial charge in [0.25, 0.3) is 0 Å². The quantitative estimate of drug-likeness (QED) is 0.646. The third-order valence-corrected chi connectivity index (χ3v) is 7.21. The molecule has 1 aliphatic carbocycles. The van der Waals surface area contributed by atoms with Crippen LogP contribution in [0.1, 0.15) is 36.8 Å². The molecule has 3 aliphatic rings. The van der Waals surface area contributed by atoms with Gasteiger partial charge < -0.3 is 14.5 Å². The molecule has 2 saturated heterocycles. The van der Waals surface area contributed by atoms with Crippen LogP contribution in [0.5, 0.6) is 0 Å². The van der Waals surface area contributed by atoms with E-state index in [-0.39, 0.29) is 30.4 Å². The molecule has 0 radical (unpaired) electrons. The van der Waals surface area contributed by atoms with E-state index >= 15 is 0 Å². The van der Waals surface area contributed by atoms with E-state index in [1.54, 1.807) is 24.4 Å². The molecule has 1 aromatic heterocycles. The summed E-state index contributed by atoms with van der Waals surface area (Å²) in [7, 11) is 0. The van der Waals surface area contributed by atoms with Crippen molar-refractivity contribution in [1.29, 1.82) is 5.26 Å². The summed E-state index contributed by atoms with van der Waals surface area (Å²) in [6.07, 6.45) is 5.31. The minimum absolute atomic E-state index is 0.00297. The van der Waals surface area contributed by atoms with Crippen LogP contribution in [0.3, 0.4) is 0 Å². The van der Waals surface area contributed by atoms with Gasteiger partial charge in [-0.15, -0.1) is 0 Å². The second kappa shape index (κ2) is 7.88. The lowest BCUT2D eigenvalue weighted by molar-refractivity contribution is -0.140. The summed E-state index contributed by atoms with van der Waals surface area (Å²) in [5, 5.41) is 8.98. The number of anilines is 1. The number of hydrogen-bond acceptors (Lipinski definition) is 5. The highest BCUT2D eigenvalue weighted by Crippen LogP contribution is 2.50. The van der Waals surface area contributed by atoms with Crippen molar-refractivity contribution in [2.75, 3.05) is 24.6 Å². The number of halogens is 2. The predicted molar refractivity (Wildman–Crippen MR) is 116 cm³/mol. The van der Waals surface area contributed by atoms with Crippen LogP contribution in [0.4, 0.5) is 10.2 Å². The molecule has 3 fully saturated rings. The number of nitriles is 1. The molecule has 8 heteroatoms. The van der Waals surface area contributed by atoms with Crippen LogP contribution < -0.4 is 4.90 Å². The smallest absolute Gasteiger partial charge is 0.248 e. The molecule has 5 rings (SSSR count). The number of carbonyl (C=O) groups is 1. The molecular weight excluding hydrogens is 463 g/mol. The molecule has 1 aromatic carbocycles. The number of ether oxygens (including phenoxy) is 1. The summed E-state index contributed by atoms with van der Waals surface area (Å²) in [5.41, 5.74) is 0.980. The molecule has 0 spiro atoms. The zero-order chi connectivity index (χ0) is 21.6. The van der Waals surface area contributed by atoms with Gasteiger partial charge in [0.1, 0.15) is 24.3 Å². The lowest BCUT2D eigenvalue weighted by atomic mass is 10.1. The van der Waals surface area contributed by atoms with Crippen LogP contribution in [-0.4, -0.2) is 47.6 Å². The molecule has 3 heterocycles. The van der Waals surface area contributed by atoms with Gasteiger partial charge in [-0.2, -0.15) is 5.26 Å². The number of nitrogens with zero attached hydrogens (tertiary/aromatic N) is 4. The third kappa shape index (κ3) is 3.81. The van der Waals surface area contributed by atoms with E-state index in [1.807, 2.05) is 11.0 Å². The van der Waals surface area contributed by atoms with Gasteiger partial charge in [-0.05, 0) is 71.4 Å². The number of benzene rings is 1. The standard InChI is InChI=1S/C23H22BrFN4O2/c24-19-9-16(2-5-20(19)25)23(7-8-23)31-14-22(30)28-12-17-3-4-18(13-28)29(17)21-6-1-15(10-26)11-27-21/h1-2,5-6,9,11,17-18H,3-4,7-8,12-14H2. The zero-order valence-electron chi connectivity index (χ0n) is 16.9. The minimum atomic E-state index is -0.473. The predicted octanol–water partition coefficient (Wildman–Crippen LogP) is 3.74. The zero-order valence-corrected chi connectivity index (χ0v) is 18.5. The summed E-state index contributed by atoms with van der Waals surface area (Å²) < 4.78 is 20.1. The number of carbonyl (C=O) groups excluding carboxylic acids is 1. The molecule has 2 aliphatic heterocycles. The van der Waals surface area contributed by atoms with Gasteiger partial charge in [-0.3, -0.25) is 4.79 Å². The van der Waals surface area contributed by atoms with E-state index in [0.29, 0.717) is 23.1 Å². The highest BCUT2D eigenvalue weighted by Gasteiger charge is 2.47. The Balaban J connectivity index is 1.22. The van der Waals surface area contributed by atoms with E-state index in [9.17, 15) is 9.18 Å². The maximum atomic E-state index is 13.6. The minimum Gasteiger partial charge on any atom is -0.360 e. The summed E-state index contributed by atoms with van der Waals surface area (Å²) in [6.45, 7) is 1.33. The molecule has 31 heavy (non-hydrogen) atoms. The van der Waals surface area contributed by atoms with Crippen LogP contribution in [-0.2, 0) is 15.1 Å². The Morgan fingerprint density at radius 1 is 1.26 bits per heavy atom. The van der Waals surface area contributed by atoms with Crippen LogP contribution in [0, 0.1) is 17.1 Å². The van der Waals surface area contributed by atoms with Crippen molar-refractivity contribution < 1.29 is 13.9 Å². The summed E-state index contributed by atoms with van der Waals surface area (Å²) in [5.74, 6) is 0.561. The number of amides is 1. The summed E-state index contributed by atoms with van der Waals surface area (Å²) in [4.78, 5) is 21.6. The first-order valence-corrected chi connectivity index (χ1v) is 11.3. The number of hydrogen-bond donors (Lipinski definition) is 0. The monoisotopic (exact) mass is 484 g/mol. The number of piperazine rings is 1. The van der Waals surface area contributed by atoms with E-state index in [2.05, 4.69) is 31.9 Å². The number of fused-ring (bicyclic) bond motifs is 2. The SMILES string of the molecule is N#Cc1ccc(N2C3CCC2CN(C(=O)COC2(c4ccc(F)c(Br)c4)CC2)C3)nc1. The average Bonchev–Trinajstić information content (AvgIpc) is 3.53. The molecule has 160 valence electrons. The van der Waals surface area contributed by atoms with E-state index in [4.69, 9.17) is 10.00 Å². The maximum Gasteiger partial charge on any atom is 0.248 e. The molecule has 2 aromatic rings. The van der Waals surface area contributed by atoms with Crippen molar-refractivity contribution in [2.45, 2.75) is 43.4 Å². The Kier molecular flexibility index (Phi) is 5.19. The second-order valence-corrected chi connectivity index (χ2v) is 9.37. The van der Waals surface area contributed by atoms with E-state index in [1.165, 1.54) is 6.07 Å². The first-order chi connectivity index (χ1) is 15.0. The lowest BCUT2D eigenvalue weighted by Crippen LogP contribution is -2.56. The van der Waals surface area contributed by atoms with Gasteiger partial charge in [0.05, 0.1) is 15.6 Å². The molecule has 1 amide bonds. The normalized spacial score (nSPS) is 23.5. The van der Waals surface area contributed by atoms with Crippen molar-refractivity contribution in [1.82, 2.24) is 9.88 Å². The molecular formula is C23H22BrFN4O2. The molecule has 2 bridgehead atoms. The van der Waals surface area contributed by atoms with Crippen LogP contribution >= 0.6 is 15.9 Å². The topological polar surface area (TPSA) is 69.5 Å². The van der Waals surface area contributed by atoms with Crippen LogP contribution in [0.25, 0.3) is 0 Å². The van der Waals surface area contributed by atoms with Crippen molar-refractivity contribution >= 4 is 27.7 Å². The Labute approximate surface area is 188 Å². The van der Waals surface area contributed by atoms with Crippen LogP contribution in [0.2, 0.25) is 0 Å². The van der Waals surface area contributed by atoms with Crippen molar-refractivity contribution in [3.8, 4) is 6.07 Å². The molecule has 2 atom stereocenters. The van der Waals surface area contributed by atoms with Crippen molar-refractivity contribution in [2.24, 2.45) is 0 Å².